The highest BCUT2D eigenvalue weighted by molar-refractivity contribution is 6.75. The highest BCUT2D eigenvalue weighted by Gasteiger charge is 1.00. The van der Waals surface area contributed by atoms with Crippen LogP contribution in [0.5, 0.6) is 0 Å². The Morgan fingerprint density at radius 1 is 1.00 bits per heavy atom. The van der Waals surface area contributed by atoms with Gasteiger partial charge in [-0.1, -0.05) is 13.8 Å². The van der Waals surface area contributed by atoms with Crippen LogP contribution in [0.1, 0.15) is 13.8 Å². The lowest BCUT2D eigenvalue weighted by molar-refractivity contribution is 1.50. The molecule has 7 radical (unpaired) electrons. The highest BCUT2D eigenvalue weighted by atomic mass is 13.0. The fourth-order valence-electron chi connectivity index (χ4n) is 0. The number of rotatable bonds is 0. The quantitative estimate of drug-likeness (QED) is 0.343. The Bertz CT molecular complexity index is 4.85. The normalized spacial score (nSPS) is 2.00. The zero-order chi connectivity index (χ0) is 4.00. The molecule has 0 aliphatic rings. The average Bonchev–Trinajstić information content (AvgIpc) is 1.50. The summed E-state index contributed by atoms with van der Waals surface area (Å²) in [6.45, 7) is 4.00. The largest absolute Gasteiger partial charge is 0.0683 e. The van der Waals surface area contributed by atoms with Gasteiger partial charge in [-0.15, -0.1) is 0 Å². The Labute approximate surface area is 38.7 Å². The molecule has 0 fully saturated rings. The third-order valence-corrected chi connectivity index (χ3v) is 0. The van der Waals surface area contributed by atoms with E-state index in [-0.39, 0.29) is 8.41 Å². The molecule has 0 unspecified atom stereocenters. The van der Waals surface area contributed by atoms with Gasteiger partial charge in [-0.25, -0.2) is 0 Å². The van der Waals surface area contributed by atoms with Gasteiger partial charge in [0.05, 0.1) is 0 Å². The smallest absolute Gasteiger partial charge is 0 e. The molecule has 0 saturated heterocycles. The first-order valence-corrected chi connectivity index (χ1v) is 1.33. The molecule has 0 N–H and O–H groups in total. The molecule has 0 aliphatic carbocycles. The summed E-state index contributed by atoms with van der Waals surface area (Å²) in [5, 5.41) is 0. The van der Waals surface area contributed by atoms with Gasteiger partial charge in [0.2, 0.25) is 0 Å². The first-order valence-electron chi connectivity index (χ1n) is 1.33. The molecule has 0 aromatic rings. The monoisotopic (exact) mass is 63.1 g/mol. The fourth-order valence-corrected chi connectivity index (χ4v) is 0. The molecule has 5 heavy (non-hydrogen) atoms. The molecule has 0 saturated carbocycles. The predicted octanol–water partition coefficient (Wildman–Crippen LogP) is -0.116. The van der Waals surface area contributed by atoms with Crippen molar-refractivity contribution in [2.24, 2.45) is 0 Å². The van der Waals surface area contributed by atoms with Gasteiger partial charge in [-0.05, 0) is 0 Å². The first kappa shape index (κ1) is 19.0. The van der Waals surface area contributed by atoms with Crippen molar-refractivity contribution in [1.29, 1.82) is 0 Å². The van der Waals surface area contributed by atoms with Gasteiger partial charge >= 0.3 is 0 Å². The standard InChI is InChI=1S/C2H6.B2.B/c2*1-2;/h1-2H3;;. The highest BCUT2D eigenvalue weighted by Crippen LogP contribution is 1.14. The lowest BCUT2D eigenvalue weighted by Crippen LogP contribution is -1.38. The summed E-state index contributed by atoms with van der Waals surface area (Å²) in [4.78, 5) is 0. The maximum Gasteiger partial charge on any atom is 0 e. The molecule has 0 heterocycles. The van der Waals surface area contributed by atoms with Gasteiger partial charge in [-0.2, -0.15) is 0 Å². The zero-order valence-corrected chi connectivity index (χ0v) is 3.73. The van der Waals surface area contributed by atoms with E-state index in [0.717, 1.165) is 0 Å². The summed E-state index contributed by atoms with van der Waals surface area (Å²) >= 11 is 0. The second kappa shape index (κ2) is 1130. The second-order valence-electron chi connectivity index (χ2n) is 0. The topological polar surface area (TPSA) is 0 Å². The molecule has 0 atom stereocenters. The molecule has 0 spiro atoms. The van der Waals surface area contributed by atoms with E-state index in [1.54, 1.807) is 0 Å². The molecular weight excluding hydrogens is 56.5 g/mol. The van der Waals surface area contributed by atoms with Gasteiger partial charge in [0.25, 0.3) is 0 Å². The van der Waals surface area contributed by atoms with Crippen molar-refractivity contribution in [3.63, 3.8) is 0 Å². The van der Waals surface area contributed by atoms with E-state index in [0.29, 0.717) is 0 Å². The van der Waals surface area contributed by atoms with E-state index in [4.69, 9.17) is 0 Å². The van der Waals surface area contributed by atoms with E-state index in [1.165, 1.54) is 0 Å². The van der Waals surface area contributed by atoms with Crippen molar-refractivity contribution in [1.82, 2.24) is 0 Å². The maximum absolute atomic E-state index is 4.00. The van der Waals surface area contributed by atoms with E-state index >= 15 is 0 Å². The zero-order valence-electron chi connectivity index (χ0n) is 3.73. The van der Waals surface area contributed by atoms with Crippen LogP contribution in [0.25, 0.3) is 0 Å². The maximum atomic E-state index is 4.00. The fraction of sp³-hybridized carbons (Fsp3) is 1.00. The van der Waals surface area contributed by atoms with Crippen LogP contribution in [0.3, 0.4) is 0 Å². The van der Waals surface area contributed by atoms with Gasteiger partial charge < -0.3 is 0 Å². The van der Waals surface area contributed by atoms with Gasteiger partial charge in [0.15, 0.2) is 0 Å². The van der Waals surface area contributed by atoms with E-state index in [2.05, 4.69) is 15.5 Å². The van der Waals surface area contributed by atoms with Gasteiger partial charge in [0.1, 0.15) is 0 Å². The molecule has 0 aliphatic heterocycles. The van der Waals surface area contributed by atoms with Crippen LogP contribution >= 0.6 is 0 Å². The van der Waals surface area contributed by atoms with Gasteiger partial charge in [0, 0.05) is 23.9 Å². The van der Waals surface area contributed by atoms with Crippen molar-refractivity contribution in [3.8, 4) is 0 Å². The van der Waals surface area contributed by atoms with Crippen molar-refractivity contribution >= 4 is 23.9 Å². The Kier molecular flexibility index (Phi) is 4280. The molecule has 0 aromatic heterocycles. The van der Waals surface area contributed by atoms with Crippen LogP contribution in [0.4, 0.5) is 0 Å². The number of hydrogen-bond donors (Lipinski definition) is 0. The first-order chi connectivity index (χ1) is 2.00. The molecule has 0 amide bonds. The minimum atomic E-state index is 0. The van der Waals surface area contributed by atoms with Crippen molar-refractivity contribution in [2.75, 3.05) is 0 Å². The molecule has 3 heteroatoms. The predicted molar refractivity (Wildman–Crippen MR) is 28.6 cm³/mol. The van der Waals surface area contributed by atoms with Crippen LogP contribution in [-0.4, -0.2) is 23.9 Å². The van der Waals surface area contributed by atoms with Crippen LogP contribution in [0, 0.1) is 0 Å². The molecule has 0 rings (SSSR count). The lowest BCUT2D eigenvalue weighted by Gasteiger charge is -1.07. The van der Waals surface area contributed by atoms with E-state index in [9.17, 15) is 0 Å². The van der Waals surface area contributed by atoms with Crippen LogP contribution in [-0.2, 0) is 0 Å². The Hall–Kier alpha value is 0.195. The summed E-state index contributed by atoms with van der Waals surface area (Å²) in [6.07, 6.45) is 0. The van der Waals surface area contributed by atoms with Crippen molar-refractivity contribution in [2.45, 2.75) is 13.8 Å². The Morgan fingerprint density at radius 3 is 1.00 bits per heavy atom. The summed E-state index contributed by atoms with van der Waals surface area (Å²) < 4.78 is 0. The SMILES string of the molecule is CC.[B].[B][B]. The minimum Gasteiger partial charge on any atom is -0.0683 e. The third-order valence-electron chi connectivity index (χ3n) is 0. The molecule has 0 bridgehead atoms. The molecule has 23 valence electrons. The second-order valence-corrected chi connectivity index (χ2v) is 0. The Balaban J connectivity index is -0.0000000133. The molecule has 0 nitrogen and oxygen atoms in total. The summed E-state index contributed by atoms with van der Waals surface area (Å²) in [7, 11) is 8.00. The van der Waals surface area contributed by atoms with E-state index < -0.39 is 0 Å². The van der Waals surface area contributed by atoms with Crippen molar-refractivity contribution < 1.29 is 0 Å². The van der Waals surface area contributed by atoms with Crippen LogP contribution in [0.15, 0.2) is 0 Å². The lowest BCUT2D eigenvalue weighted by atomic mass is 9.81. The summed E-state index contributed by atoms with van der Waals surface area (Å²) in [5.74, 6) is 0. The van der Waals surface area contributed by atoms with Crippen molar-refractivity contribution in [3.05, 3.63) is 0 Å². The average molecular weight is 62.5 g/mol. The van der Waals surface area contributed by atoms with Crippen LogP contribution < -0.4 is 0 Å². The molecular formula is C2H6B3. The van der Waals surface area contributed by atoms with Crippen LogP contribution in [0.2, 0.25) is 0 Å². The Morgan fingerprint density at radius 2 is 1.00 bits per heavy atom. The summed E-state index contributed by atoms with van der Waals surface area (Å²) in [6, 6.07) is 0. The van der Waals surface area contributed by atoms with E-state index in [1.807, 2.05) is 13.8 Å². The molecule has 0 aromatic carbocycles. The third kappa shape index (κ3) is 532. The van der Waals surface area contributed by atoms with Gasteiger partial charge in [-0.3, -0.25) is 0 Å². The minimum absolute atomic E-state index is 0. The summed E-state index contributed by atoms with van der Waals surface area (Å²) in [5.41, 5.74) is 0. The number of hydrogen-bond acceptors (Lipinski definition) is 0.